The molecular weight excluding hydrogens is 380 g/mol. The van der Waals surface area contributed by atoms with E-state index in [0.717, 1.165) is 13.0 Å². The van der Waals surface area contributed by atoms with E-state index < -0.39 is 9.84 Å². The molecule has 27 heavy (non-hydrogen) atoms. The highest BCUT2D eigenvalue weighted by Crippen LogP contribution is 2.37. The Morgan fingerprint density at radius 3 is 2.74 bits per heavy atom. The molecule has 5 nitrogen and oxygen atoms in total. The Bertz CT molecular complexity index is 924. The van der Waals surface area contributed by atoms with Crippen LogP contribution in [0.2, 0.25) is 0 Å². The summed E-state index contributed by atoms with van der Waals surface area (Å²) in [5.41, 5.74) is 2.48. The van der Waals surface area contributed by atoms with Crippen LogP contribution in [0.1, 0.15) is 28.5 Å². The van der Waals surface area contributed by atoms with Crippen LogP contribution in [-0.2, 0) is 21.1 Å². The van der Waals surface area contributed by atoms with E-state index in [0.29, 0.717) is 13.0 Å². The van der Waals surface area contributed by atoms with Crippen LogP contribution in [0.4, 0.5) is 0 Å². The molecule has 0 unspecified atom stereocenters. The quantitative estimate of drug-likeness (QED) is 0.785. The normalized spacial score (nSPS) is 24.5. The minimum absolute atomic E-state index is 0.00305. The average Bonchev–Trinajstić information content (AvgIpc) is 3.27. The van der Waals surface area contributed by atoms with E-state index in [1.807, 2.05) is 18.2 Å². The number of carbonyl (C=O) groups excluding carboxylic acids is 1. The third-order valence-electron chi connectivity index (χ3n) is 5.67. The minimum atomic E-state index is -3.00. The van der Waals surface area contributed by atoms with Crippen LogP contribution in [0.5, 0.6) is 0 Å². The van der Waals surface area contributed by atoms with Crippen molar-refractivity contribution in [2.75, 3.05) is 31.6 Å². The van der Waals surface area contributed by atoms with Crippen LogP contribution >= 0.6 is 11.3 Å². The molecule has 2 aromatic rings. The minimum Gasteiger partial charge on any atom is -0.341 e. The predicted molar refractivity (Wildman–Crippen MR) is 108 cm³/mol. The van der Waals surface area contributed by atoms with Crippen LogP contribution in [0.25, 0.3) is 0 Å². The van der Waals surface area contributed by atoms with E-state index in [1.54, 1.807) is 23.3 Å². The molecule has 0 bridgehead atoms. The Labute approximate surface area is 164 Å². The summed E-state index contributed by atoms with van der Waals surface area (Å²) in [5, 5.41) is 2.13. The van der Waals surface area contributed by atoms with E-state index in [2.05, 4.69) is 28.5 Å². The summed E-state index contributed by atoms with van der Waals surface area (Å²) in [6.45, 7) is 1.14. The molecular formula is C20H24N2O3S2. The number of sulfone groups is 1. The maximum absolute atomic E-state index is 12.9. The van der Waals surface area contributed by atoms with Crippen molar-refractivity contribution in [2.45, 2.75) is 24.9 Å². The van der Waals surface area contributed by atoms with Gasteiger partial charge >= 0.3 is 0 Å². The molecule has 1 aromatic heterocycles. The van der Waals surface area contributed by atoms with Crippen molar-refractivity contribution in [1.82, 2.24) is 9.80 Å². The number of thiophene rings is 1. The van der Waals surface area contributed by atoms with E-state index >= 15 is 0 Å². The molecule has 144 valence electrons. The zero-order valence-electron chi connectivity index (χ0n) is 15.4. The largest absolute Gasteiger partial charge is 0.341 e. The Hall–Kier alpha value is -1.70. The highest BCUT2D eigenvalue weighted by molar-refractivity contribution is 7.91. The Morgan fingerprint density at radius 1 is 1.26 bits per heavy atom. The Morgan fingerprint density at radius 2 is 2.04 bits per heavy atom. The van der Waals surface area contributed by atoms with Gasteiger partial charge in [-0.3, -0.25) is 9.69 Å². The fourth-order valence-corrected chi connectivity index (χ4v) is 6.81. The van der Waals surface area contributed by atoms with Crippen molar-refractivity contribution in [2.24, 2.45) is 0 Å². The van der Waals surface area contributed by atoms with Gasteiger partial charge in [-0.15, -0.1) is 11.3 Å². The maximum Gasteiger partial charge on any atom is 0.236 e. The van der Waals surface area contributed by atoms with Crippen molar-refractivity contribution < 1.29 is 13.2 Å². The number of likely N-dealkylation sites (N-methyl/N-ethyl adjacent to an activating group) is 1. The molecule has 1 amide bonds. The highest BCUT2D eigenvalue weighted by atomic mass is 32.2. The first-order valence-electron chi connectivity index (χ1n) is 9.26. The lowest BCUT2D eigenvalue weighted by atomic mass is 9.93. The maximum atomic E-state index is 12.9. The second kappa shape index (κ2) is 7.37. The van der Waals surface area contributed by atoms with Gasteiger partial charge in [0, 0.05) is 24.5 Å². The molecule has 2 atom stereocenters. The number of rotatable bonds is 4. The number of hydrogen-bond donors (Lipinski definition) is 0. The van der Waals surface area contributed by atoms with Gasteiger partial charge in [0.05, 0.1) is 24.1 Å². The molecule has 7 heteroatoms. The summed E-state index contributed by atoms with van der Waals surface area (Å²) in [6, 6.07) is 12.3. The summed E-state index contributed by atoms with van der Waals surface area (Å²) in [4.78, 5) is 18.2. The number of carbonyl (C=O) groups is 1. The molecule has 0 aliphatic carbocycles. The molecule has 3 heterocycles. The number of hydrogen-bond acceptors (Lipinski definition) is 5. The van der Waals surface area contributed by atoms with E-state index in [-0.39, 0.29) is 29.5 Å². The molecule has 0 radical (unpaired) electrons. The van der Waals surface area contributed by atoms with Crippen LogP contribution in [0.3, 0.4) is 0 Å². The molecule has 2 aliphatic rings. The fourth-order valence-electron chi connectivity index (χ4n) is 4.13. The van der Waals surface area contributed by atoms with Gasteiger partial charge in [0.15, 0.2) is 9.84 Å². The first-order chi connectivity index (χ1) is 12.9. The van der Waals surface area contributed by atoms with Gasteiger partial charge in [0.25, 0.3) is 0 Å². The number of amides is 1. The first-order valence-corrected chi connectivity index (χ1v) is 12.0. The standard InChI is InChI=1S/C20H24N2O3S2/c1-21(16-9-12-27(24,25)14-16)19(23)13-22-10-7-18-17(8-11-26-18)20(22)15-5-3-2-4-6-15/h2-6,8,11,16,20H,7,9-10,12-14H2,1H3/t16-,20-/m0/s1. The van der Waals surface area contributed by atoms with Crippen LogP contribution in [-0.4, -0.2) is 61.8 Å². The van der Waals surface area contributed by atoms with Crippen molar-refractivity contribution in [1.29, 1.82) is 0 Å². The summed E-state index contributed by atoms with van der Waals surface area (Å²) in [5.74, 6) is 0.271. The zero-order valence-corrected chi connectivity index (χ0v) is 17.0. The third kappa shape index (κ3) is 3.81. The third-order valence-corrected chi connectivity index (χ3v) is 8.42. The van der Waals surface area contributed by atoms with E-state index in [4.69, 9.17) is 0 Å². The van der Waals surface area contributed by atoms with Crippen LogP contribution in [0.15, 0.2) is 41.8 Å². The van der Waals surface area contributed by atoms with E-state index in [1.165, 1.54) is 16.0 Å². The molecule has 0 saturated carbocycles. The van der Waals surface area contributed by atoms with Crippen LogP contribution < -0.4 is 0 Å². The number of benzene rings is 1. The lowest BCUT2D eigenvalue weighted by Crippen LogP contribution is -2.46. The molecule has 1 saturated heterocycles. The van der Waals surface area contributed by atoms with Gasteiger partial charge in [-0.1, -0.05) is 30.3 Å². The predicted octanol–water partition coefficient (Wildman–Crippen LogP) is 2.34. The average molecular weight is 405 g/mol. The molecule has 0 spiro atoms. The SMILES string of the molecule is CN(C(=O)CN1CCc2sccc2[C@@H]1c1ccccc1)[C@H]1CCS(=O)(=O)C1. The van der Waals surface area contributed by atoms with E-state index in [9.17, 15) is 13.2 Å². The second-order valence-corrected chi connectivity index (χ2v) is 10.6. The second-order valence-electron chi connectivity index (χ2n) is 7.39. The summed E-state index contributed by atoms with van der Waals surface area (Å²) in [7, 11) is -1.26. The smallest absolute Gasteiger partial charge is 0.236 e. The monoisotopic (exact) mass is 404 g/mol. The zero-order chi connectivity index (χ0) is 19.0. The number of fused-ring (bicyclic) bond motifs is 1. The molecule has 4 rings (SSSR count). The highest BCUT2D eigenvalue weighted by Gasteiger charge is 2.35. The summed E-state index contributed by atoms with van der Waals surface area (Å²) < 4.78 is 23.5. The van der Waals surface area contributed by atoms with Crippen molar-refractivity contribution in [3.8, 4) is 0 Å². The molecule has 2 aliphatic heterocycles. The lowest BCUT2D eigenvalue weighted by molar-refractivity contribution is -0.133. The topological polar surface area (TPSA) is 57.7 Å². The van der Waals surface area contributed by atoms with Crippen LogP contribution in [0, 0.1) is 0 Å². The van der Waals surface area contributed by atoms with Crippen molar-refractivity contribution in [3.63, 3.8) is 0 Å². The van der Waals surface area contributed by atoms with Gasteiger partial charge in [-0.25, -0.2) is 8.42 Å². The molecule has 1 fully saturated rings. The summed E-state index contributed by atoms with van der Waals surface area (Å²) in [6.07, 6.45) is 1.49. The van der Waals surface area contributed by atoms with Gasteiger partial charge < -0.3 is 4.90 Å². The fraction of sp³-hybridized carbons (Fsp3) is 0.450. The van der Waals surface area contributed by atoms with Gasteiger partial charge in [-0.05, 0) is 35.4 Å². The molecule has 0 N–H and O–H groups in total. The molecule has 1 aromatic carbocycles. The Balaban J connectivity index is 1.54. The van der Waals surface area contributed by atoms with Gasteiger partial charge in [-0.2, -0.15) is 0 Å². The first kappa shape index (κ1) is 18.7. The Kier molecular flexibility index (Phi) is 5.09. The van der Waals surface area contributed by atoms with Gasteiger partial charge in [0.2, 0.25) is 5.91 Å². The number of nitrogens with zero attached hydrogens (tertiary/aromatic N) is 2. The van der Waals surface area contributed by atoms with Crippen molar-refractivity contribution >= 4 is 27.1 Å². The lowest BCUT2D eigenvalue weighted by Gasteiger charge is -2.37. The van der Waals surface area contributed by atoms with Crippen molar-refractivity contribution in [3.05, 3.63) is 57.8 Å². The summed E-state index contributed by atoms with van der Waals surface area (Å²) >= 11 is 1.78. The van der Waals surface area contributed by atoms with Gasteiger partial charge in [0.1, 0.15) is 0 Å².